The van der Waals surface area contributed by atoms with Gasteiger partial charge in [0.2, 0.25) is 5.91 Å². The molecule has 0 aliphatic rings. The van der Waals surface area contributed by atoms with E-state index in [2.05, 4.69) is 4.74 Å². The lowest BCUT2D eigenvalue weighted by molar-refractivity contribution is -0.147. The highest BCUT2D eigenvalue weighted by atomic mass is 35.5. The van der Waals surface area contributed by atoms with Crippen LogP contribution in [0.1, 0.15) is 13.8 Å². The Morgan fingerprint density at radius 3 is 2.27 bits per heavy atom. The zero-order valence-corrected chi connectivity index (χ0v) is 7.38. The lowest BCUT2D eigenvalue weighted by Crippen LogP contribution is -2.35. The molecule has 0 rings (SSSR count). The van der Waals surface area contributed by atoms with E-state index < -0.39 is 12.0 Å². The molecule has 4 nitrogen and oxygen atoms in total. The van der Waals surface area contributed by atoms with Gasteiger partial charge in [-0.2, -0.15) is 0 Å². The minimum Gasteiger partial charge on any atom is -0.467 e. The van der Waals surface area contributed by atoms with Gasteiger partial charge in [-0.3, -0.25) is 4.79 Å². The van der Waals surface area contributed by atoms with E-state index in [4.69, 9.17) is 11.8 Å². The summed E-state index contributed by atoms with van der Waals surface area (Å²) in [6, 6.07) is -0.737. The Hall–Kier alpha value is -0.770. The van der Waals surface area contributed by atoms with Gasteiger partial charge in [0.25, 0.3) is 0 Å². The normalized spacial score (nSPS) is 12.0. The summed E-state index contributed by atoms with van der Waals surface area (Å²) < 4.78 is 5.16. The Morgan fingerprint density at radius 2 is 2.00 bits per heavy atom. The number of carbonyl (C=O) groups excluding carboxylic acids is 2. The van der Waals surface area contributed by atoms with E-state index in [1.54, 1.807) is 0 Å². The Morgan fingerprint density at radius 1 is 1.55 bits per heavy atom. The number of carbonyl (C=O) groups is 2. The molecule has 0 radical (unpaired) electrons. The monoisotopic (exact) mass is 179 g/mol. The van der Waals surface area contributed by atoms with E-state index in [0.717, 1.165) is 4.42 Å². The van der Waals surface area contributed by atoms with Crippen molar-refractivity contribution in [2.75, 3.05) is 7.11 Å². The summed E-state index contributed by atoms with van der Waals surface area (Å²) in [5.74, 6) is -0.917. The highest BCUT2D eigenvalue weighted by Crippen LogP contribution is 2.04. The number of hydrogen-bond acceptors (Lipinski definition) is 3. The van der Waals surface area contributed by atoms with Crippen molar-refractivity contribution in [3.8, 4) is 0 Å². The molecule has 64 valence electrons. The zero-order valence-electron chi connectivity index (χ0n) is 6.63. The van der Waals surface area contributed by atoms with E-state index in [9.17, 15) is 9.59 Å². The molecule has 1 unspecified atom stereocenters. The summed E-state index contributed by atoms with van der Waals surface area (Å²) in [6.07, 6.45) is 0. The van der Waals surface area contributed by atoms with Gasteiger partial charge in [-0.25, -0.2) is 9.21 Å². The Labute approximate surface area is 70.2 Å². The average molecular weight is 180 g/mol. The van der Waals surface area contributed by atoms with E-state index >= 15 is 0 Å². The summed E-state index contributed by atoms with van der Waals surface area (Å²) in [5.41, 5.74) is 0. The van der Waals surface area contributed by atoms with Gasteiger partial charge in [0.05, 0.1) is 7.11 Å². The minimum absolute atomic E-state index is 0.385. The Balaban J connectivity index is 4.12. The lowest BCUT2D eigenvalue weighted by atomic mass is 10.3. The van der Waals surface area contributed by atoms with Crippen LogP contribution in [0.25, 0.3) is 0 Å². The number of ether oxygens (including phenoxy) is 1. The molecule has 0 aliphatic heterocycles. The molecule has 0 fully saturated rings. The molecular weight excluding hydrogens is 170 g/mol. The maximum absolute atomic E-state index is 10.8. The molecule has 0 aliphatic carbocycles. The van der Waals surface area contributed by atoms with Crippen LogP contribution in [-0.4, -0.2) is 29.4 Å². The summed E-state index contributed by atoms with van der Waals surface area (Å²) >= 11 is 5.42. The van der Waals surface area contributed by atoms with Crippen LogP contribution in [0.4, 0.5) is 0 Å². The first-order chi connectivity index (χ1) is 5.00. The fraction of sp³-hybridized carbons (Fsp3) is 0.667. The van der Waals surface area contributed by atoms with Crippen LogP contribution in [0.5, 0.6) is 0 Å². The highest BCUT2D eigenvalue weighted by molar-refractivity contribution is 6.22. The second-order valence-corrected chi connectivity index (χ2v) is 2.39. The smallest absolute Gasteiger partial charge is 0.329 e. The molecule has 0 spiro atoms. The number of rotatable bonds is 2. The second kappa shape index (κ2) is 4.18. The summed E-state index contributed by atoms with van der Waals surface area (Å²) in [6.45, 7) is 2.76. The molecule has 1 atom stereocenters. The largest absolute Gasteiger partial charge is 0.467 e. The maximum Gasteiger partial charge on any atom is 0.329 e. The number of nitrogens with zero attached hydrogens (tertiary/aromatic N) is 1. The van der Waals surface area contributed by atoms with Crippen molar-refractivity contribution in [2.24, 2.45) is 0 Å². The number of amides is 1. The van der Waals surface area contributed by atoms with Crippen LogP contribution in [-0.2, 0) is 14.3 Å². The van der Waals surface area contributed by atoms with Gasteiger partial charge in [-0.05, 0) is 6.92 Å². The molecule has 0 N–H and O–H groups in total. The molecule has 11 heavy (non-hydrogen) atoms. The van der Waals surface area contributed by atoms with Crippen molar-refractivity contribution in [3.63, 3.8) is 0 Å². The lowest BCUT2D eigenvalue weighted by Gasteiger charge is -2.17. The van der Waals surface area contributed by atoms with Crippen molar-refractivity contribution in [2.45, 2.75) is 19.9 Å². The van der Waals surface area contributed by atoms with Crippen LogP contribution in [0.2, 0.25) is 0 Å². The van der Waals surface area contributed by atoms with Gasteiger partial charge >= 0.3 is 5.97 Å². The Bertz CT molecular complexity index is 171. The maximum atomic E-state index is 10.8. The van der Waals surface area contributed by atoms with Crippen molar-refractivity contribution in [1.29, 1.82) is 0 Å². The van der Waals surface area contributed by atoms with Gasteiger partial charge in [-0.1, -0.05) is 0 Å². The predicted molar refractivity (Wildman–Crippen MR) is 39.9 cm³/mol. The third-order valence-corrected chi connectivity index (χ3v) is 1.71. The van der Waals surface area contributed by atoms with Gasteiger partial charge in [0.15, 0.2) is 0 Å². The number of methoxy groups -OCH3 is 1. The van der Waals surface area contributed by atoms with Crippen molar-refractivity contribution in [3.05, 3.63) is 0 Å². The molecule has 0 aromatic carbocycles. The average Bonchev–Trinajstić information content (AvgIpc) is 2.00. The van der Waals surface area contributed by atoms with Gasteiger partial charge in [-0.15, -0.1) is 0 Å². The third kappa shape index (κ3) is 2.76. The number of halogens is 1. The zero-order chi connectivity index (χ0) is 9.02. The predicted octanol–water partition coefficient (Wildman–Crippen LogP) is 0.550. The standard InChI is InChI=1S/C6H10ClNO3/c1-4(6(10)11-3)8(7)5(2)9/h4H,1-3H3. The first-order valence-electron chi connectivity index (χ1n) is 3.04. The van der Waals surface area contributed by atoms with Gasteiger partial charge < -0.3 is 4.74 Å². The summed E-state index contributed by atoms with van der Waals surface area (Å²) in [4.78, 5) is 21.3. The molecule has 0 saturated heterocycles. The van der Waals surface area contributed by atoms with Gasteiger partial charge in [0.1, 0.15) is 6.04 Å². The molecule has 5 heteroatoms. The van der Waals surface area contributed by atoms with Crippen molar-refractivity contribution >= 4 is 23.7 Å². The van der Waals surface area contributed by atoms with E-state index in [-0.39, 0.29) is 5.91 Å². The fourth-order valence-corrected chi connectivity index (χ4v) is 0.615. The van der Waals surface area contributed by atoms with Crippen LogP contribution < -0.4 is 0 Å². The molecule has 0 aromatic rings. The first-order valence-corrected chi connectivity index (χ1v) is 3.38. The highest BCUT2D eigenvalue weighted by Gasteiger charge is 2.22. The van der Waals surface area contributed by atoms with Gasteiger partial charge in [0, 0.05) is 18.7 Å². The van der Waals surface area contributed by atoms with E-state index in [1.165, 1.54) is 21.0 Å². The quantitative estimate of drug-likeness (QED) is 0.460. The van der Waals surface area contributed by atoms with Crippen molar-refractivity contribution < 1.29 is 14.3 Å². The molecular formula is C6H10ClNO3. The molecule has 0 bridgehead atoms. The molecule has 0 aromatic heterocycles. The van der Waals surface area contributed by atoms with Crippen molar-refractivity contribution in [1.82, 2.24) is 4.42 Å². The molecule has 0 saturated carbocycles. The third-order valence-electron chi connectivity index (χ3n) is 1.18. The van der Waals surface area contributed by atoms with E-state index in [1.807, 2.05) is 0 Å². The fourth-order valence-electron chi connectivity index (χ4n) is 0.536. The van der Waals surface area contributed by atoms with Crippen LogP contribution in [0.15, 0.2) is 0 Å². The minimum atomic E-state index is -0.737. The molecule has 1 amide bonds. The van der Waals surface area contributed by atoms with Crippen LogP contribution in [0, 0.1) is 0 Å². The second-order valence-electron chi connectivity index (χ2n) is 2.03. The van der Waals surface area contributed by atoms with Crippen LogP contribution >= 0.6 is 11.8 Å². The summed E-state index contributed by atoms with van der Waals surface area (Å²) in [5, 5.41) is 0. The number of hydrogen-bond donors (Lipinski definition) is 0. The van der Waals surface area contributed by atoms with E-state index in [0.29, 0.717) is 0 Å². The first kappa shape index (κ1) is 10.2. The Kier molecular flexibility index (Phi) is 3.89. The summed E-state index contributed by atoms with van der Waals surface area (Å²) in [7, 11) is 1.24. The number of esters is 1. The van der Waals surface area contributed by atoms with Crippen LogP contribution in [0.3, 0.4) is 0 Å². The molecule has 0 heterocycles. The topological polar surface area (TPSA) is 46.6 Å². The SMILES string of the molecule is COC(=O)C(C)N(Cl)C(C)=O.